The van der Waals surface area contributed by atoms with Crippen LogP contribution >= 0.6 is 11.3 Å². The number of rotatable bonds is 4. The first-order chi connectivity index (χ1) is 8.27. The lowest BCUT2D eigenvalue weighted by molar-refractivity contribution is -0.375. The van der Waals surface area contributed by atoms with E-state index in [1.807, 2.05) is 35.7 Å². The van der Waals surface area contributed by atoms with E-state index >= 15 is 0 Å². The van der Waals surface area contributed by atoms with E-state index < -0.39 is 0 Å². The summed E-state index contributed by atoms with van der Waals surface area (Å²) in [7, 11) is 0. The zero-order chi connectivity index (χ0) is 12.1. The van der Waals surface area contributed by atoms with Crippen LogP contribution in [0, 0.1) is 10.1 Å². The molecule has 2 rings (SSSR count). The number of nitrogens with one attached hydrogen (secondary N) is 1. The second-order valence-electron chi connectivity index (χ2n) is 3.27. The normalized spacial score (nSPS) is 11.2. The van der Waals surface area contributed by atoms with Crippen LogP contribution in [0.5, 0.6) is 0 Å². The number of hydrogen-bond donors (Lipinski definition) is 1. The summed E-state index contributed by atoms with van der Waals surface area (Å²) in [6.07, 6.45) is 1.42. The molecular formula is C12H10N2O2S. The van der Waals surface area contributed by atoms with E-state index in [-0.39, 0.29) is 10.6 Å². The van der Waals surface area contributed by atoms with Crippen LogP contribution in [0.2, 0.25) is 0 Å². The maximum absolute atomic E-state index is 10.9. The number of para-hydroxylation sites is 1. The molecule has 86 valence electrons. The summed E-state index contributed by atoms with van der Waals surface area (Å²) in [6, 6.07) is 12.8. The first-order valence-corrected chi connectivity index (χ1v) is 5.85. The molecule has 1 heterocycles. The number of hydrogen-bond acceptors (Lipinski definition) is 4. The zero-order valence-corrected chi connectivity index (χ0v) is 9.68. The second-order valence-corrected chi connectivity index (χ2v) is 4.22. The Labute approximate surface area is 102 Å². The van der Waals surface area contributed by atoms with E-state index in [1.165, 1.54) is 17.5 Å². The molecule has 0 radical (unpaired) electrons. The van der Waals surface area contributed by atoms with Crippen molar-refractivity contribution in [1.82, 2.24) is 0 Å². The van der Waals surface area contributed by atoms with Gasteiger partial charge in [-0.1, -0.05) is 24.3 Å². The predicted octanol–water partition coefficient (Wildman–Crippen LogP) is 3.44. The first-order valence-electron chi connectivity index (χ1n) is 4.97. The SMILES string of the molecule is O=[N+]([O-])/C(=C\Nc1ccccc1)c1cccs1. The lowest BCUT2D eigenvalue weighted by atomic mass is 10.3. The van der Waals surface area contributed by atoms with Gasteiger partial charge in [-0.05, 0) is 23.6 Å². The van der Waals surface area contributed by atoms with Crippen molar-refractivity contribution in [3.05, 3.63) is 69.0 Å². The summed E-state index contributed by atoms with van der Waals surface area (Å²) in [6.45, 7) is 0. The number of benzene rings is 1. The van der Waals surface area contributed by atoms with Crippen molar-refractivity contribution >= 4 is 22.7 Å². The molecule has 0 fully saturated rings. The van der Waals surface area contributed by atoms with Crippen LogP contribution in [0.1, 0.15) is 4.88 Å². The molecule has 5 heteroatoms. The molecule has 1 N–H and O–H groups in total. The third kappa shape index (κ3) is 2.92. The Balaban J connectivity index is 2.21. The molecule has 0 aliphatic rings. The maximum atomic E-state index is 10.9. The summed E-state index contributed by atoms with van der Waals surface area (Å²) in [4.78, 5) is 11.2. The lowest BCUT2D eigenvalue weighted by Gasteiger charge is -2.00. The van der Waals surface area contributed by atoms with Crippen molar-refractivity contribution in [1.29, 1.82) is 0 Å². The van der Waals surface area contributed by atoms with Gasteiger partial charge in [0.25, 0.3) is 0 Å². The fourth-order valence-corrected chi connectivity index (χ4v) is 2.04. The summed E-state index contributed by atoms with van der Waals surface area (Å²) in [5, 5.41) is 15.7. The molecule has 0 amide bonds. The van der Waals surface area contributed by atoms with Gasteiger partial charge < -0.3 is 5.32 Å². The summed E-state index contributed by atoms with van der Waals surface area (Å²) >= 11 is 1.34. The second kappa shape index (κ2) is 5.27. The van der Waals surface area contributed by atoms with Crippen molar-refractivity contribution in [3.8, 4) is 0 Å². The molecule has 17 heavy (non-hydrogen) atoms. The van der Waals surface area contributed by atoms with Gasteiger partial charge in [0.1, 0.15) is 4.88 Å². The first kappa shape index (κ1) is 11.3. The number of nitrogens with zero attached hydrogens (tertiary/aromatic N) is 1. The molecule has 0 saturated carbocycles. The lowest BCUT2D eigenvalue weighted by Crippen LogP contribution is -1.99. The van der Waals surface area contributed by atoms with Gasteiger partial charge in [-0.2, -0.15) is 0 Å². The average molecular weight is 246 g/mol. The highest BCUT2D eigenvalue weighted by Crippen LogP contribution is 2.20. The van der Waals surface area contributed by atoms with Gasteiger partial charge in [-0.15, -0.1) is 11.3 Å². The van der Waals surface area contributed by atoms with Gasteiger partial charge in [-0.3, -0.25) is 10.1 Å². The van der Waals surface area contributed by atoms with Crippen molar-refractivity contribution in [3.63, 3.8) is 0 Å². The molecule has 0 aliphatic heterocycles. The maximum Gasteiger partial charge on any atom is 0.302 e. The Morgan fingerprint density at radius 1 is 1.24 bits per heavy atom. The molecule has 0 atom stereocenters. The zero-order valence-electron chi connectivity index (χ0n) is 8.87. The summed E-state index contributed by atoms with van der Waals surface area (Å²) in [5.41, 5.74) is 0.896. The molecule has 1 aromatic heterocycles. The van der Waals surface area contributed by atoms with E-state index in [1.54, 1.807) is 12.1 Å². The number of anilines is 1. The molecule has 4 nitrogen and oxygen atoms in total. The van der Waals surface area contributed by atoms with E-state index in [4.69, 9.17) is 0 Å². The van der Waals surface area contributed by atoms with Crippen LogP contribution < -0.4 is 5.32 Å². The van der Waals surface area contributed by atoms with E-state index in [0.29, 0.717) is 4.88 Å². The molecule has 0 bridgehead atoms. The van der Waals surface area contributed by atoms with Gasteiger partial charge >= 0.3 is 5.70 Å². The van der Waals surface area contributed by atoms with Crippen molar-refractivity contribution in [2.24, 2.45) is 0 Å². The highest BCUT2D eigenvalue weighted by Gasteiger charge is 2.14. The van der Waals surface area contributed by atoms with Gasteiger partial charge in [0, 0.05) is 5.69 Å². The highest BCUT2D eigenvalue weighted by atomic mass is 32.1. The largest absolute Gasteiger partial charge is 0.356 e. The van der Waals surface area contributed by atoms with Crippen molar-refractivity contribution in [2.45, 2.75) is 0 Å². The Hall–Kier alpha value is -2.14. The minimum atomic E-state index is -0.387. The van der Waals surface area contributed by atoms with Gasteiger partial charge in [0.2, 0.25) is 0 Å². The van der Waals surface area contributed by atoms with Crippen LogP contribution in [0.3, 0.4) is 0 Å². The fourth-order valence-electron chi connectivity index (χ4n) is 1.32. The molecule has 0 aliphatic carbocycles. The van der Waals surface area contributed by atoms with E-state index in [9.17, 15) is 10.1 Å². The Bertz CT molecular complexity index is 521. The molecule has 1 aromatic carbocycles. The van der Waals surface area contributed by atoms with Gasteiger partial charge in [-0.25, -0.2) is 0 Å². The van der Waals surface area contributed by atoms with Gasteiger partial charge in [0.05, 0.1) is 11.1 Å². The smallest absolute Gasteiger partial charge is 0.302 e. The molecular weight excluding hydrogens is 236 g/mol. The third-order valence-electron chi connectivity index (χ3n) is 2.12. The topological polar surface area (TPSA) is 55.2 Å². The fraction of sp³-hybridized carbons (Fsp3) is 0. The third-order valence-corrected chi connectivity index (χ3v) is 3.01. The minimum Gasteiger partial charge on any atom is -0.356 e. The minimum absolute atomic E-state index is 0.0730. The van der Waals surface area contributed by atoms with Crippen LogP contribution in [0.25, 0.3) is 5.70 Å². The Morgan fingerprint density at radius 3 is 2.59 bits per heavy atom. The van der Waals surface area contributed by atoms with Crippen LogP contribution in [0.15, 0.2) is 54.0 Å². The van der Waals surface area contributed by atoms with Crippen molar-refractivity contribution in [2.75, 3.05) is 5.32 Å². The monoisotopic (exact) mass is 246 g/mol. The molecule has 2 aromatic rings. The van der Waals surface area contributed by atoms with E-state index in [0.717, 1.165) is 5.69 Å². The summed E-state index contributed by atoms with van der Waals surface area (Å²) < 4.78 is 0. The van der Waals surface area contributed by atoms with Crippen LogP contribution in [0.4, 0.5) is 5.69 Å². The standard InChI is InChI=1S/C12H10N2O2S/c15-14(16)11(12-7-4-8-17-12)9-13-10-5-2-1-3-6-10/h1-9,13H/b11-9-. The van der Waals surface area contributed by atoms with Gasteiger partial charge in [0.15, 0.2) is 0 Å². The van der Waals surface area contributed by atoms with E-state index in [2.05, 4.69) is 5.32 Å². The summed E-state index contributed by atoms with van der Waals surface area (Å²) in [5.74, 6) is 0. The molecule has 0 unspecified atom stereocenters. The average Bonchev–Trinajstić information content (AvgIpc) is 2.84. The Kier molecular flexibility index (Phi) is 3.52. The molecule has 0 spiro atoms. The number of nitro groups is 1. The van der Waals surface area contributed by atoms with Crippen molar-refractivity contribution < 1.29 is 4.92 Å². The van der Waals surface area contributed by atoms with Crippen LogP contribution in [-0.4, -0.2) is 4.92 Å². The predicted molar refractivity (Wildman–Crippen MR) is 69.4 cm³/mol. The quantitative estimate of drug-likeness (QED) is 0.664. The molecule has 0 saturated heterocycles. The Morgan fingerprint density at radius 2 is 2.00 bits per heavy atom. The van der Waals surface area contributed by atoms with Crippen LogP contribution in [-0.2, 0) is 0 Å². The highest BCUT2D eigenvalue weighted by molar-refractivity contribution is 7.11. The number of thiophene rings is 1.